The second-order valence-electron chi connectivity index (χ2n) is 4.69. The highest BCUT2D eigenvalue weighted by Gasteiger charge is 2.08. The Bertz CT molecular complexity index is 626. The highest BCUT2D eigenvalue weighted by Crippen LogP contribution is 2.14. The van der Waals surface area contributed by atoms with Gasteiger partial charge in [0.1, 0.15) is 5.78 Å². The lowest BCUT2D eigenvalue weighted by Crippen LogP contribution is -2.10. The average molecular weight is 284 g/mol. The van der Waals surface area contributed by atoms with Crippen molar-refractivity contribution in [1.29, 1.82) is 0 Å². The topological polar surface area (TPSA) is 72.2 Å². The number of ketones is 1. The van der Waals surface area contributed by atoms with Crippen molar-refractivity contribution in [2.45, 2.75) is 12.8 Å². The highest BCUT2D eigenvalue weighted by atomic mass is 16.6. The molecule has 2 aromatic rings. The molecule has 0 aliphatic rings. The van der Waals surface area contributed by atoms with Crippen LogP contribution in [-0.4, -0.2) is 17.3 Å². The Morgan fingerprint density at radius 2 is 1.86 bits per heavy atom. The summed E-state index contributed by atoms with van der Waals surface area (Å²) in [5.74, 6) is 0.0546. The number of hydrogen-bond acceptors (Lipinski definition) is 4. The van der Waals surface area contributed by atoms with Crippen molar-refractivity contribution in [2.75, 3.05) is 11.9 Å². The zero-order chi connectivity index (χ0) is 15.1. The van der Waals surface area contributed by atoms with Gasteiger partial charge in [-0.05, 0) is 17.7 Å². The predicted octanol–water partition coefficient (Wildman–Crippen LogP) is 3.21. The first-order chi connectivity index (χ1) is 10.1. The van der Waals surface area contributed by atoms with Gasteiger partial charge < -0.3 is 5.32 Å². The molecule has 0 atom stereocenters. The number of nitro groups is 1. The number of anilines is 1. The van der Waals surface area contributed by atoms with E-state index in [1.807, 2.05) is 30.3 Å². The third-order valence-electron chi connectivity index (χ3n) is 3.03. The van der Waals surface area contributed by atoms with Gasteiger partial charge >= 0.3 is 0 Å². The Labute approximate surface area is 122 Å². The van der Waals surface area contributed by atoms with Crippen LogP contribution in [0.3, 0.4) is 0 Å². The molecule has 2 aromatic carbocycles. The summed E-state index contributed by atoms with van der Waals surface area (Å²) in [5.41, 5.74) is 1.66. The van der Waals surface area contributed by atoms with E-state index in [2.05, 4.69) is 5.32 Å². The van der Waals surface area contributed by atoms with Crippen LogP contribution in [0.25, 0.3) is 0 Å². The Morgan fingerprint density at radius 3 is 2.57 bits per heavy atom. The minimum absolute atomic E-state index is 0.0164. The molecule has 0 spiro atoms. The minimum atomic E-state index is -0.453. The maximum atomic E-state index is 11.9. The van der Waals surface area contributed by atoms with Crippen molar-refractivity contribution >= 4 is 17.2 Å². The molecule has 2 rings (SSSR count). The van der Waals surface area contributed by atoms with E-state index < -0.39 is 4.92 Å². The molecule has 1 N–H and O–H groups in total. The standard InChI is InChI=1S/C16H16N2O3/c19-16(9-10-17-14-6-2-1-3-7-14)12-13-5-4-8-15(11-13)18(20)21/h1-8,11,17H,9-10,12H2. The van der Waals surface area contributed by atoms with Gasteiger partial charge in [0.25, 0.3) is 5.69 Å². The van der Waals surface area contributed by atoms with E-state index in [0.29, 0.717) is 18.5 Å². The molecule has 0 aliphatic heterocycles. The molecule has 0 aromatic heterocycles. The summed E-state index contributed by atoms with van der Waals surface area (Å²) in [6.45, 7) is 0.553. The fraction of sp³-hybridized carbons (Fsp3) is 0.188. The minimum Gasteiger partial charge on any atom is -0.385 e. The van der Waals surface area contributed by atoms with Crippen LogP contribution in [0.5, 0.6) is 0 Å². The maximum Gasteiger partial charge on any atom is 0.269 e. The molecule has 0 heterocycles. The number of nitro benzene ring substituents is 1. The van der Waals surface area contributed by atoms with Crippen LogP contribution in [0, 0.1) is 10.1 Å². The SMILES string of the molecule is O=C(CCNc1ccccc1)Cc1cccc([N+](=O)[O-])c1. The lowest BCUT2D eigenvalue weighted by molar-refractivity contribution is -0.384. The van der Waals surface area contributed by atoms with Gasteiger partial charge in [0.05, 0.1) is 4.92 Å². The summed E-state index contributed by atoms with van der Waals surface area (Å²) >= 11 is 0. The number of carbonyl (C=O) groups excluding carboxylic acids is 1. The second-order valence-corrected chi connectivity index (χ2v) is 4.69. The second kappa shape index (κ2) is 7.19. The molecule has 5 heteroatoms. The van der Waals surface area contributed by atoms with Crippen molar-refractivity contribution < 1.29 is 9.72 Å². The summed E-state index contributed by atoms with van der Waals surface area (Å²) in [7, 11) is 0. The van der Waals surface area contributed by atoms with Crippen LogP contribution in [0.15, 0.2) is 54.6 Å². The van der Waals surface area contributed by atoms with E-state index in [-0.39, 0.29) is 17.9 Å². The van der Waals surface area contributed by atoms with Gasteiger partial charge in [-0.1, -0.05) is 30.3 Å². The van der Waals surface area contributed by atoms with Gasteiger partial charge in [-0.15, -0.1) is 0 Å². The number of Topliss-reactive ketones (excluding diaryl/α,β-unsaturated/α-hetero) is 1. The third-order valence-corrected chi connectivity index (χ3v) is 3.03. The number of rotatable bonds is 7. The van der Waals surface area contributed by atoms with E-state index in [1.54, 1.807) is 12.1 Å². The molecule has 0 saturated carbocycles. The first-order valence-electron chi connectivity index (χ1n) is 6.69. The van der Waals surface area contributed by atoms with Crippen molar-refractivity contribution in [3.8, 4) is 0 Å². The number of hydrogen-bond donors (Lipinski definition) is 1. The highest BCUT2D eigenvalue weighted by molar-refractivity contribution is 5.81. The Morgan fingerprint density at radius 1 is 1.10 bits per heavy atom. The normalized spacial score (nSPS) is 10.1. The Balaban J connectivity index is 1.82. The summed E-state index contributed by atoms with van der Waals surface area (Å²) < 4.78 is 0. The van der Waals surface area contributed by atoms with Crippen LogP contribution in [-0.2, 0) is 11.2 Å². The number of benzene rings is 2. The molecule has 21 heavy (non-hydrogen) atoms. The third kappa shape index (κ3) is 4.72. The van der Waals surface area contributed by atoms with E-state index in [1.165, 1.54) is 12.1 Å². The molecule has 0 fully saturated rings. The summed E-state index contributed by atoms with van der Waals surface area (Å²) in [5, 5.41) is 13.8. The lowest BCUT2D eigenvalue weighted by Gasteiger charge is -2.05. The molecule has 0 amide bonds. The quantitative estimate of drug-likeness (QED) is 0.626. The molecular formula is C16H16N2O3. The van der Waals surface area contributed by atoms with Crippen molar-refractivity contribution in [2.24, 2.45) is 0 Å². The van der Waals surface area contributed by atoms with E-state index in [4.69, 9.17) is 0 Å². The molecule has 0 saturated heterocycles. The van der Waals surface area contributed by atoms with Crippen LogP contribution < -0.4 is 5.32 Å². The summed E-state index contributed by atoms with van der Waals surface area (Å²) in [6, 6.07) is 15.8. The van der Waals surface area contributed by atoms with Crippen LogP contribution in [0.4, 0.5) is 11.4 Å². The molecule has 0 bridgehead atoms. The molecule has 0 unspecified atom stereocenters. The first kappa shape index (κ1) is 14.7. The molecule has 0 aliphatic carbocycles. The summed E-state index contributed by atoms with van der Waals surface area (Å²) in [6.07, 6.45) is 0.607. The van der Waals surface area contributed by atoms with Crippen molar-refractivity contribution in [3.63, 3.8) is 0 Å². The van der Waals surface area contributed by atoms with Gasteiger partial charge in [-0.25, -0.2) is 0 Å². The predicted molar refractivity (Wildman–Crippen MR) is 81.4 cm³/mol. The van der Waals surface area contributed by atoms with E-state index in [9.17, 15) is 14.9 Å². The van der Waals surface area contributed by atoms with E-state index in [0.717, 1.165) is 5.69 Å². The largest absolute Gasteiger partial charge is 0.385 e. The van der Waals surface area contributed by atoms with Gasteiger partial charge in [0, 0.05) is 37.2 Å². The lowest BCUT2D eigenvalue weighted by atomic mass is 10.1. The van der Waals surface area contributed by atoms with Crippen LogP contribution >= 0.6 is 0 Å². The van der Waals surface area contributed by atoms with Crippen molar-refractivity contribution in [1.82, 2.24) is 0 Å². The smallest absolute Gasteiger partial charge is 0.269 e. The van der Waals surface area contributed by atoms with Gasteiger partial charge in [-0.2, -0.15) is 0 Å². The number of nitrogens with zero attached hydrogens (tertiary/aromatic N) is 1. The van der Waals surface area contributed by atoms with E-state index >= 15 is 0 Å². The first-order valence-corrected chi connectivity index (χ1v) is 6.69. The maximum absolute atomic E-state index is 11.9. The van der Waals surface area contributed by atoms with Gasteiger partial charge in [-0.3, -0.25) is 14.9 Å². The van der Waals surface area contributed by atoms with Crippen LogP contribution in [0.1, 0.15) is 12.0 Å². The summed E-state index contributed by atoms with van der Waals surface area (Å²) in [4.78, 5) is 22.1. The zero-order valence-electron chi connectivity index (χ0n) is 11.5. The fourth-order valence-electron chi connectivity index (χ4n) is 2.00. The number of para-hydroxylation sites is 1. The monoisotopic (exact) mass is 284 g/mol. The average Bonchev–Trinajstić information content (AvgIpc) is 2.48. The molecule has 108 valence electrons. The molecule has 0 radical (unpaired) electrons. The molecular weight excluding hydrogens is 268 g/mol. The zero-order valence-corrected chi connectivity index (χ0v) is 11.5. The molecule has 5 nitrogen and oxygen atoms in total. The van der Waals surface area contributed by atoms with Gasteiger partial charge in [0.15, 0.2) is 0 Å². The number of non-ortho nitro benzene ring substituents is 1. The van der Waals surface area contributed by atoms with Crippen molar-refractivity contribution in [3.05, 3.63) is 70.3 Å². The van der Waals surface area contributed by atoms with Gasteiger partial charge in [0.2, 0.25) is 0 Å². The number of nitrogens with one attached hydrogen (secondary N) is 1. The Kier molecular flexibility index (Phi) is 5.04. The number of carbonyl (C=O) groups is 1. The fourth-order valence-corrected chi connectivity index (χ4v) is 2.00. The van der Waals surface area contributed by atoms with Crippen LogP contribution in [0.2, 0.25) is 0 Å². The Hall–Kier alpha value is -2.69.